The monoisotopic (exact) mass is 747 g/mol. The number of esters is 1. The molecule has 3 heterocycles. The molecule has 14 nitrogen and oxygen atoms in total. The largest absolute Gasteiger partial charge is 0.459 e. The maximum absolute atomic E-state index is 14.2. The van der Waals surface area contributed by atoms with Crippen LogP contribution >= 0.6 is 0 Å². The lowest BCUT2D eigenvalue weighted by Gasteiger charge is -2.50. The van der Waals surface area contributed by atoms with Crippen molar-refractivity contribution in [3.05, 3.63) is 0 Å². The average molecular weight is 748 g/mol. The molecule has 0 radical (unpaired) electrons. The summed E-state index contributed by atoms with van der Waals surface area (Å²) >= 11 is 0. The third-order valence-corrected chi connectivity index (χ3v) is 12.3. The van der Waals surface area contributed by atoms with Gasteiger partial charge in [0, 0.05) is 44.4 Å². The summed E-state index contributed by atoms with van der Waals surface area (Å²) < 4.78 is 43.9. The molecule has 0 aromatic rings. The second kappa shape index (κ2) is 17.7. The Bertz CT molecular complexity index is 1190. The van der Waals surface area contributed by atoms with Crippen molar-refractivity contribution in [3.8, 4) is 0 Å². The van der Waals surface area contributed by atoms with E-state index in [1.165, 1.54) is 21.1 Å². The van der Waals surface area contributed by atoms with Crippen LogP contribution in [0.1, 0.15) is 94.9 Å². The summed E-state index contributed by atoms with van der Waals surface area (Å²) in [7, 11) is 6.77. The van der Waals surface area contributed by atoms with E-state index >= 15 is 0 Å². The predicted molar refractivity (Wildman–Crippen MR) is 191 cm³/mol. The van der Waals surface area contributed by atoms with Crippen molar-refractivity contribution in [2.45, 2.75) is 179 Å². The van der Waals surface area contributed by atoms with Crippen molar-refractivity contribution in [3.63, 3.8) is 0 Å². The Morgan fingerprint density at radius 3 is 1.98 bits per heavy atom. The van der Waals surface area contributed by atoms with Crippen LogP contribution in [-0.2, 0) is 42.7 Å². The topological polar surface area (TPSA) is 183 Å². The highest BCUT2D eigenvalue weighted by molar-refractivity contribution is 5.83. The summed E-state index contributed by atoms with van der Waals surface area (Å²) in [6.45, 7) is 17.1. The van der Waals surface area contributed by atoms with Gasteiger partial charge >= 0.3 is 5.97 Å². The van der Waals surface area contributed by atoms with Gasteiger partial charge in [-0.15, -0.1) is 0 Å². The van der Waals surface area contributed by atoms with Crippen LogP contribution in [0.5, 0.6) is 0 Å². The molecular formula is C38H69NO13. The van der Waals surface area contributed by atoms with Gasteiger partial charge in [0.1, 0.15) is 29.7 Å². The van der Waals surface area contributed by atoms with Crippen molar-refractivity contribution in [2.75, 3.05) is 28.3 Å². The minimum atomic E-state index is -1.96. The molecule has 0 aliphatic carbocycles. The maximum Gasteiger partial charge on any atom is 0.311 e. The van der Waals surface area contributed by atoms with Crippen LogP contribution in [0, 0.1) is 23.7 Å². The Kier molecular flexibility index (Phi) is 15.3. The number of hydrogen-bond donors (Lipinski definition) is 4. The molecule has 4 N–H and O–H groups in total. The van der Waals surface area contributed by atoms with Crippen LogP contribution in [0.15, 0.2) is 0 Å². The minimum Gasteiger partial charge on any atom is -0.459 e. The second-order valence-electron chi connectivity index (χ2n) is 16.6. The van der Waals surface area contributed by atoms with E-state index in [0.717, 1.165) is 0 Å². The number of Topliss-reactive ketones (excluding diaryl/α,β-unsaturated/α-hetero) is 1. The fourth-order valence-electron chi connectivity index (χ4n) is 8.58. The highest BCUT2D eigenvalue weighted by Gasteiger charge is 2.54. The van der Waals surface area contributed by atoms with Gasteiger partial charge in [-0.2, -0.15) is 0 Å². The Labute approximate surface area is 310 Å². The molecule has 52 heavy (non-hydrogen) atoms. The zero-order chi connectivity index (χ0) is 39.7. The lowest BCUT2D eigenvalue weighted by molar-refractivity contribution is -0.319. The van der Waals surface area contributed by atoms with Gasteiger partial charge in [-0.1, -0.05) is 27.7 Å². The summed E-state index contributed by atoms with van der Waals surface area (Å²) in [6.07, 6.45) is -8.73. The fraction of sp³-hybridized carbons (Fsp3) is 0.947. The number of aliphatic hydroxyl groups is 4. The van der Waals surface area contributed by atoms with Crippen LogP contribution in [0.3, 0.4) is 0 Å². The van der Waals surface area contributed by atoms with Crippen molar-refractivity contribution in [2.24, 2.45) is 23.7 Å². The van der Waals surface area contributed by atoms with E-state index in [1.807, 2.05) is 32.8 Å². The van der Waals surface area contributed by atoms with Crippen LogP contribution in [-0.4, -0.2) is 150 Å². The molecule has 0 saturated carbocycles. The lowest BCUT2D eigenvalue weighted by atomic mass is 9.74. The molecule has 14 heteroatoms. The first-order valence-corrected chi connectivity index (χ1v) is 18.9. The van der Waals surface area contributed by atoms with E-state index in [9.17, 15) is 30.0 Å². The summed E-state index contributed by atoms with van der Waals surface area (Å²) in [5.41, 5.74) is -4.24. The number of aliphatic hydroxyl groups excluding tert-OH is 3. The van der Waals surface area contributed by atoms with Gasteiger partial charge in [0.25, 0.3) is 0 Å². The SMILES string of the molecule is CC[C@H]1OC(=O)[C@H](C)[C@@H](O[C@H]2C[C@@](C)(OC)[C@@H](O)[C@H](C)O2)[C@H](C)[C@@H](O[C@@H]2O[C@@H](C)C[C@@H](N(C)C)[C@@H]2O)[C@](C)(OC)C[C@@H](C)C(=O)[C@H](C)[C@@H](O)[C@]1(C)O. The van der Waals surface area contributed by atoms with Gasteiger partial charge in [-0.25, -0.2) is 0 Å². The first-order valence-electron chi connectivity index (χ1n) is 18.9. The molecular weight excluding hydrogens is 678 g/mol. The Hall–Kier alpha value is -1.30. The molecule has 3 aliphatic rings. The third-order valence-electron chi connectivity index (χ3n) is 12.3. The van der Waals surface area contributed by atoms with Crippen molar-refractivity contribution < 1.29 is 63.2 Å². The van der Waals surface area contributed by atoms with Crippen LogP contribution in [0.25, 0.3) is 0 Å². The lowest BCUT2D eigenvalue weighted by Crippen LogP contribution is -2.61. The molecule has 0 amide bonds. The third kappa shape index (κ3) is 9.38. The highest BCUT2D eigenvalue weighted by atomic mass is 16.7. The number of carbonyl (C=O) groups is 2. The van der Waals surface area contributed by atoms with E-state index < -0.39 is 102 Å². The fourth-order valence-corrected chi connectivity index (χ4v) is 8.58. The van der Waals surface area contributed by atoms with E-state index in [1.54, 1.807) is 48.5 Å². The van der Waals surface area contributed by atoms with Gasteiger partial charge in [0.05, 0.1) is 47.6 Å². The quantitative estimate of drug-likeness (QED) is 0.266. The minimum absolute atomic E-state index is 0.111. The molecule has 304 valence electrons. The van der Waals surface area contributed by atoms with Crippen molar-refractivity contribution in [1.82, 2.24) is 4.90 Å². The van der Waals surface area contributed by atoms with Crippen molar-refractivity contribution in [1.29, 1.82) is 0 Å². The second-order valence-corrected chi connectivity index (χ2v) is 16.6. The number of ether oxygens (including phenoxy) is 7. The predicted octanol–water partition coefficient (Wildman–Crippen LogP) is 2.44. The zero-order valence-corrected chi connectivity index (χ0v) is 33.9. The molecule has 0 unspecified atom stereocenters. The van der Waals surface area contributed by atoms with E-state index in [-0.39, 0.29) is 37.2 Å². The Morgan fingerprint density at radius 2 is 1.44 bits per heavy atom. The summed E-state index contributed by atoms with van der Waals surface area (Å²) in [5, 5.41) is 45.6. The molecule has 18 atom stereocenters. The van der Waals surface area contributed by atoms with Crippen LogP contribution in [0.4, 0.5) is 0 Å². The molecule has 3 aliphatic heterocycles. The first kappa shape index (κ1) is 45.1. The molecule has 0 aromatic heterocycles. The zero-order valence-electron chi connectivity index (χ0n) is 33.9. The van der Waals surface area contributed by atoms with Crippen LogP contribution in [0.2, 0.25) is 0 Å². The summed E-state index contributed by atoms with van der Waals surface area (Å²) in [5.74, 6) is -4.47. The molecule has 3 fully saturated rings. The normalized spacial score (nSPS) is 49.0. The molecule has 0 aromatic carbocycles. The smallest absolute Gasteiger partial charge is 0.311 e. The number of carbonyl (C=O) groups excluding carboxylic acids is 2. The number of nitrogens with zero attached hydrogens (tertiary/aromatic N) is 1. The Morgan fingerprint density at radius 1 is 0.846 bits per heavy atom. The van der Waals surface area contributed by atoms with Crippen molar-refractivity contribution >= 4 is 11.8 Å². The Balaban J connectivity index is 2.22. The van der Waals surface area contributed by atoms with Gasteiger partial charge in [-0.3, -0.25) is 9.59 Å². The average Bonchev–Trinajstić information content (AvgIpc) is 3.09. The summed E-state index contributed by atoms with van der Waals surface area (Å²) in [4.78, 5) is 30.1. The molecule has 0 bridgehead atoms. The number of ketones is 1. The van der Waals surface area contributed by atoms with Gasteiger partial charge in [0.15, 0.2) is 12.6 Å². The van der Waals surface area contributed by atoms with E-state index in [2.05, 4.69) is 0 Å². The van der Waals surface area contributed by atoms with Crippen LogP contribution < -0.4 is 0 Å². The summed E-state index contributed by atoms with van der Waals surface area (Å²) in [6, 6.07) is -0.283. The number of likely N-dealkylation sites (N-methyl/N-ethyl adjacent to an activating group) is 1. The van der Waals surface area contributed by atoms with E-state index in [4.69, 9.17) is 33.2 Å². The molecule has 0 spiro atoms. The number of methoxy groups -OCH3 is 2. The standard InChI is InChI=1S/C38H69NO13/c1-15-26-38(10,45)31(42)21(4)28(40)19(2)17-37(9,47-14)33(52-35-29(41)25(39(11)12)16-20(3)48-35)22(5)30(23(6)34(44)50-26)51-27-18-36(8,46-13)32(43)24(7)49-27/h19-27,29-33,35,41-43,45H,15-18H2,1-14H3/t19-,20+,21+,22+,23-,24+,25-,26-,27+,29+,30+,31-,32+,33-,35+,36-,37-,38-/m1/s1. The molecule has 3 rings (SSSR count). The first-order chi connectivity index (χ1) is 24.0. The molecule has 3 saturated heterocycles. The number of cyclic esters (lactones) is 1. The maximum atomic E-state index is 14.2. The highest BCUT2D eigenvalue weighted by Crippen LogP contribution is 2.41. The van der Waals surface area contributed by atoms with E-state index in [0.29, 0.717) is 6.42 Å². The van der Waals surface area contributed by atoms with Gasteiger partial charge in [0.2, 0.25) is 0 Å². The van der Waals surface area contributed by atoms with Gasteiger partial charge < -0.3 is 58.5 Å². The number of rotatable bonds is 8. The van der Waals surface area contributed by atoms with Gasteiger partial charge in [-0.05, 0) is 74.9 Å². The number of hydrogen-bond acceptors (Lipinski definition) is 14.